The summed E-state index contributed by atoms with van der Waals surface area (Å²) < 4.78 is 0. The molecular weight excluding hydrogens is 521 g/mol. The molecule has 32 heavy (non-hydrogen) atoms. The Labute approximate surface area is 206 Å². The van der Waals surface area contributed by atoms with Crippen LogP contribution in [0.25, 0.3) is 0 Å². The van der Waals surface area contributed by atoms with Crippen LogP contribution in [0.3, 0.4) is 0 Å². The van der Waals surface area contributed by atoms with Gasteiger partial charge in [-0.15, -0.1) is 24.0 Å². The molecule has 2 amide bonds. The Balaban J connectivity index is 0.00000512. The predicted molar refractivity (Wildman–Crippen MR) is 138 cm³/mol. The van der Waals surface area contributed by atoms with E-state index in [9.17, 15) is 14.7 Å². The number of halogens is 1. The lowest BCUT2D eigenvalue weighted by molar-refractivity contribution is 0.0827. The van der Waals surface area contributed by atoms with E-state index in [1.165, 1.54) is 6.07 Å². The highest BCUT2D eigenvalue weighted by Crippen LogP contribution is 2.14. The zero-order chi connectivity index (χ0) is 22.6. The average molecular weight is 553 g/mol. The van der Waals surface area contributed by atoms with Crippen molar-refractivity contribution in [2.75, 3.05) is 40.3 Å². The number of carbonyl (C=O) groups excluding carboxylic acids is 2. The van der Waals surface area contributed by atoms with Gasteiger partial charge in [-0.1, -0.05) is 24.3 Å². The minimum atomic E-state index is -0.325. The van der Waals surface area contributed by atoms with Gasteiger partial charge in [-0.25, -0.2) is 0 Å². The third-order valence-corrected chi connectivity index (χ3v) is 4.45. The highest BCUT2D eigenvalue weighted by atomic mass is 127. The summed E-state index contributed by atoms with van der Waals surface area (Å²) in [5, 5.41) is 18.8. The standard InChI is InChI=1S/C23H31N5O3.HI/c1-4-24-23(27-15-14-25-21(30)19-10-5-6-11-20(19)29)26-13-12-17-8-7-9-18(16-17)22(31)28(2)3;/h5-11,16,29H,4,12-15H2,1-3H3,(H,25,30)(H2,24,26,27);1H. The number of hydrogen-bond donors (Lipinski definition) is 4. The van der Waals surface area contributed by atoms with Crippen molar-refractivity contribution in [3.8, 4) is 5.75 Å². The van der Waals surface area contributed by atoms with Gasteiger partial charge in [0, 0.05) is 45.8 Å². The van der Waals surface area contributed by atoms with Crippen LogP contribution in [0.2, 0.25) is 0 Å². The number of carbonyl (C=O) groups is 2. The van der Waals surface area contributed by atoms with Crippen molar-refractivity contribution >= 4 is 41.8 Å². The van der Waals surface area contributed by atoms with E-state index >= 15 is 0 Å². The van der Waals surface area contributed by atoms with Crippen molar-refractivity contribution in [2.24, 2.45) is 4.99 Å². The fourth-order valence-corrected chi connectivity index (χ4v) is 2.87. The van der Waals surface area contributed by atoms with Crippen molar-refractivity contribution < 1.29 is 14.7 Å². The summed E-state index contributed by atoms with van der Waals surface area (Å²) in [6, 6.07) is 14.0. The Morgan fingerprint density at radius 3 is 2.41 bits per heavy atom. The van der Waals surface area contributed by atoms with Crippen molar-refractivity contribution in [1.82, 2.24) is 20.9 Å². The molecule has 0 aliphatic rings. The number of nitrogens with one attached hydrogen (secondary N) is 3. The van der Waals surface area contributed by atoms with E-state index in [0.717, 1.165) is 5.56 Å². The highest BCUT2D eigenvalue weighted by Gasteiger charge is 2.10. The van der Waals surface area contributed by atoms with Gasteiger partial charge in [0.1, 0.15) is 5.75 Å². The first-order chi connectivity index (χ1) is 14.9. The zero-order valence-electron chi connectivity index (χ0n) is 18.7. The summed E-state index contributed by atoms with van der Waals surface area (Å²) in [4.78, 5) is 30.3. The first-order valence-electron chi connectivity index (χ1n) is 10.3. The smallest absolute Gasteiger partial charge is 0.255 e. The molecule has 2 aromatic carbocycles. The minimum absolute atomic E-state index is 0. The number of para-hydroxylation sites is 1. The second-order valence-electron chi connectivity index (χ2n) is 7.11. The van der Waals surface area contributed by atoms with Crippen LogP contribution in [-0.2, 0) is 6.42 Å². The molecule has 0 unspecified atom stereocenters. The number of phenolic OH excluding ortho intramolecular Hbond substituents is 1. The molecule has 0 fully saturated rings. The fourth-order valence-electron chi connectivity index (χ4n) is 2.87. The maximum atomic E-state index is 12.1. The number of benzene rings is 2. The maximum Gasteiger partial charge on any atom is 0.255 e. The summed E-state index contributed by atoms with van der Waals surface area (Å²) in [7, 11) is 3.47. The molecule has 0 saturated carbocycles. The minimum Gasteiger partial charge on any atom is -0.507 e. The first kappa shape index (κ1) is 27.2. The molecule has 2 aromatic rings. The topological polar surface area (TPSA) is 106 Å². The van der Waals surface area contributed by atoms with E-state index in [0.29, 0.717) is 44.1 Å². The summed E-state index contributed by atoms with van der Waals surface area (Å²) in [5.74, 6) is 0.263. The quantitative estimate of drug-likeness (QED) is 0.165. The molecule has 9 heteroatoms. The fraction of sp³-hybridized carbons (Fsp3) is 0.348. The Hall–Kier alpha value is -2.82. The van der Waals surface area contributed by atoms with Crippen LogP contribution in [0.1, 0.15) is 33.2 Å². The number of guanidine groups is 1. The van der Waals surface area contributed by atoms with E-state index in [1.54, 1.807) is 37.2 Å². The molecule has 0 aliphatic heterocycles. The van der Waals surface area contributed by atoms with Crippen LogP contribution >= 0.6 is 24.0 Å². The largest absolute Gasteiger partial charge is 0.507 e. The maximum absolute atomic E-state index is 12.1. The number of aromatic hydroxyl groups is 1. The molecule has 2 rings (SSSR count). The molecule has 0 saturated heterocycles. The number of rotatable bonds is 9. The van der Waals surface area contributed by atoms with Crippen LogP contribution < -0.4 is 16.0 Å². The van der Waals surface area contributed by atoms with Gasteiger partial charge in [-0.2, -0.15) is 0 Å². The number of amides is 2. The molecule has 0 heterocycles. The average Bonchev–Trinajstić information content (AvgIpc) is 2.76. The number of hydrogen-bond acceptors (Lipinski definition) is 4. The number of nitrogens with zero attached hydrogens (tertiary/aromatic N) is 2. The van der Waals surface area contributed by atoms with Crippen molar-refractivity contribution in [2.45, 2.75) is 13.3 Å². The van der Waals surface area contributed by atoms with E-state index < -0.39 is 0 Å². The molecule has 4 N–H and O–H groups in total. The number of aliphatic imine (C=N–C) groups is 1. The van der Waals surface area contributed by atoms with E-state index in [1.807, 2.05) is 31.2 Å². The van der Waals surface area contributed by atoms with Gasteiger partial charge in [-0.3, -0.25) is 14.6 Å². The van der Waals surface area contributed by atoms with Crippen LogP contribution in [0.15, 0.2) is 53.5 Å². The van der Waals surface area contributed by atoms with Crippen LogP contribution in [0.4, 0.5) is 0 Å². The highest BCUT2D eigenvalue weighted by molar-refractivity contribution is 14.0. The van der Waals surface area contributed by atoms with Crippen LogP contribution in [-0.4, -0.2) is 68.1 Å². The lowest BCUT2D eigenvalue weighted by Crippen LogP contribution is -2.41. The third kappa shape index (κ3) is 8.74. The summed E-state index contributed by atoms with van der Waals surface area (Å²) in [6.07, 6.45) is 0.704. The van der Waals surface area contributed by atoms with Crippen LogP contribution in [0, 0.1) is 0 Å². The van der Waals surface area contributed by atoms with Crippen molar-refractivity contribution in [3.05, 3.63) is 65.2 Å². The van der Waals surface area contributed by atoms with Gasteiger partial charge in [0.15, 0.2) is 5.96 Å². The second kappa shape index (κ2) is 14.3. The summed E-state index contributed by atoms with van der Waals surface area (Å²) in [5.41, 5.74) is 1.96. The van der Waals surface area contributed by atoms with Gasteiger partial charge in [0.25, 0.3) is 11.8 Å². The summed E-state index contributed by atoms with van der Waals surface area (Å²) >= 11 is 0. The summed E-state index contributed by atoms with van der Waals surface area (Å²) in [6.45, 7) is 4.11. The lowest BCUT2D eigenvalue weighted by atomic mass is 10.1. The predicted octanol–water partition coefficient (Wildman–Crippen LogP) is 2.24. The Morgan fingerprint density at radius 1 is 1.00 bits per heavy atom. The molecule has 0 radical (unpaired) electrons. The van der Waals surface area contributed by atoms with E-state index in [-0.39, 0.29) is 47.1 Å². The Morgan fingerprint density at radius 2 is 1.72 bits per heavy atom. The van der Waals surface area contributed by atoms with Gasteiger partial charge >= 0.3 is 0 Å². The molecule has 0 aliphatic carbocycles. The lowest BCUT2D eigenvalue weighted by Gasteiger charge is -2.13. The van der Waals surface area contributed by atoms with E-state index in [2.05, 4.69) is 20.9 Å². The van der Waals surface area contributed by atoms with Crippen molar-refractivity contribution in [3.63, 3.8) is 0 Å². The third-order valence-electron chi connectivity index (χ3n) is 4.45. The molecule has 0 aromatic heterocycles. The van der Waals surface area contributed by atoms with Gasteiger partial charge in [0.05, 0.1) is 5.56 Å². The Kier molecular flexibility index (Phi) is 12.1. The van der Waals surface area contributed by atoms with Crippen molar-refractivity contribution in [1.29, 1.82) is 0 Å². The Bertz CT molecular complexity index is 918. The zero-order valence-corrected chi connectivity index (χ0v) is 21.1. The molecule has 0 atom stereocenters. The first-order valence-corrected chi connectivity index (χ1v) is 10.3. The molecule has 0 bridgehead atoms. The number of phenols is 1. The SMILES string of the molecule is CCNC(=NCCc1cccc(C(=O)N(C)C)c1)NCCNC(=O)c1ccccc1O.I. The molecule has 8 nitrogen and oxygen atoms in total. The monoisotopic (exact) mass is 553 g/mol. The molecule has 174 valence electrons. The normalized spacial score (nSPS) is 10.7. The molecular formula is C23H32IN5O3. The molecule has 0 spiro atoms. The van der Waals surface area contributed by atoms with Gasteiger partial charge in [-0.05, 0) is 43.2 Å². The second-order valence-corrected chi connectivity index (χ2v) is 7.11. The van der Waals surface area contributed by atoms with Crippen LogP contribution in [0.5, 0.6) is 5.75 Å². The van der Waals surface area contributed by atoms with Gasteiger partial charge in [0.2, 0.25) is 0 Å². The van der Waals surface area contributed by atoms with Gasteiger partial charge < -0.3 is 26.0 Å². The van der Waals surface area contributed by atoms with E-state index in [4.69, 9.17) is 0 Å².